The Labute approximate surface area is 140 Å². The molecule has 0 bridgehead atoms. The minimum absolute atomic E-state index is 0.151. The molecular weight excluding hydrogens is 304 g/mol. The summed E-state index contributed by atoms with van der Waals surface area (Å²) >= 11 is 0. The standard InChI is InChI=1S/C18H20N4O2/c1-12-19-14(11-21(12)9-10-24-2)18-20-16(17(23)13-6-7-13)15-5-3-4-8-22(15)18/h3-5,8,11,13H,6-7,9-10H2,1-2H3. The molecule has 1 aliphatic carbocycles. The predicted molar refractivity (Wildman–Crippen MR) is 90.1 cm³/mol. The molecule has 0 aliphatic heterocycles. The van der Waals surface area contributed by atoms with E-state index in [1.165, 1.54) is 0 Å². The van der Waals surface area contributed by atoms with Gasteiger partial charge in [0, 0.05) is 32.0 Å². The van der Waals surface area contributed by atoms with E-state index in [9.17, 15) is 4.79 Å². The minimum Gasteiger partial charge on any atom is -0.383 e. The molecule has 0 spiro atoms. The molecule has 4 rings (SSSR count). The van der Waals surface area contributed by atoms with Gasteiger partial charge in [-0.25, -0.2) is 9.97 Å². The number of carbonyl (C=O) groups excluding carboxylic acids is 1. The molecule has 0 aromatic carbocycles. The lowest BCUT2D eigenvalue weighted by molar-refractivity contribution is 0.0965. The number of ether oxygens (including phenoxy) is 1. The number of methoxy groups -OCH3 is 1. The molecule has 1 saturated carbocycles. The van der Waals surface area contributed by atoms with Gasteiger partial charge in [-0.2, -0.15) is 0 Å². The second-order valence-electron chi connectivity index (χ2n) is 6.24. The fraction of sp³-hybridized carbons (Fsp3) is 0.389. The average Bonchev–Trinajstić information content (AvgIpc) is 3.28. The SMILES string of the molecule is COCCn1cc(-c2nc(C(=O)C3CC3)c3ccccn23)nc1C. The van der Waals surface area contributed by atoms with Crippen LogP contribution < -0.4 is 0 Å². The summed E-state index contributed by atoms with van der Waals surface area (Å²) in [6, 6.07) is 5.83. The Bertz CT molecular complexity index is 905. The van der Waals surface area contributed by atoms with Crippen LogP contribution in [-0.4, -0.2) is 38.4 Å². The van der Waals surface area contributed by atoms with Crippen molar-refractivity contribution in [2.24, 2.45) is 5.92 Å². The highest BCUT2D eigenvalue weighted by molar-refractivity contribution is 6.04. The normalized spacial score (nSPS) is 14.4. The first-order valence-electron chi connectivity index (χ1n) is 8.23. The Morgan fingerprint density at radius 3 is 2.92 bits per heavy atom. The van der Waals surface area contributed by atoms with Crippen molar-refractivity contribution in [2.45, 2.75) is 26.3 Å². The fourth-order valence-electron chi connectivity index (χ4n) is 2.97. The molecule has 0 saturated heterocycles. The Hall–Kier alpha value is -2.47. The maximum atomic E-state index is 12.6. The topological polar surface area (TPSA) is 61.4 Å². The second kappa shape index (κ2) is 5.87. The van der Waals surface area contributed by atoms with Gasteiger partial charge in [0.1, 0.15) is 17.2 Å². The van der Waals surface area contributed by atoms with Crippen LogP contribution in [0.2, 0.25) is 0 Å². The third-order valence-corrected chi connectivity index (χ3v) is 4.47. The van der Waals surface area contributed by atoms with Gasteiger partial charge in [-0.3, -0.25) is 9.20 Å². The van der Waals surface area contributed by atoms with Crippen LogP contribution in [0.15, 0.2) is 30.6 Å². The number of carbonyl (C=O) groups is 1. The van der Waals surface area contributed by atoms with Crippen molar-refractivity contribution in [2.75, 3.05) is 13.7 Å². The summed E-state index contributed by atoms with van der Waals surface area (Å²) < 4.78 is 9.14. The molecule has 0 N–H and O–H groups in total. The van der Waals surface area contributed by atoms with Crippen LogP contribution >= 0.6 is 0 Å². The van der Waals surface area contributed by atoms with Crippen molar-refractivity contribution in [3.05, 3.63) is 42.1 Å². The Kier molecular flexibility index (Phi) is 3.69. The number of hydrogen-bond donors (Lipinski definition) is 0. The first-order valence-corrected chi connectivity index (χ1v) is 8.23. The van der Waals surface area contributed by atoms with E-state index in [1.54, 1.807) is 7.11 Å². The third-order valence-electron chi connectivity index (χ3n) is 4.47. The number of rotatable bonds is 6. The molecule has 0 atom stereocenters. The van der Waals surface area contributed by atoms with Gasteiger partial charge in [-0.05, 0) is 31.9 Å². The molecule has 3 aromatic rings. The number of aryl methyl sites for hydroxylation is 1. The molecule has 0 amide bonds. The smallest absolute Gasteiger partial charge is 0.186 e. The summed E-state index contributed by atoms with van der Waals surface area (Å²) in [7, 11) is 1.69. The number of Topliss-reactive ketones (excluding diaryl/α,β-unsaturated/α-hetero) is 1. The summed E-state index contributed by atoms with van der Waals surface area (Å²) in [4.78, 5) is 21.9. The van der Waals surface area contributed by atoms with Crippen molar-refractivity contribution < 1.29 is 9.53 Å². The van der Waals surface area contributed by atoms with Gasteiger partial charge < -0.3 is 9.30 Å². The van der Waals surface area contributed by atoms with E-state index in [4.69, 9.17) is 4.74 Å². The van der Waals surface area contributed by atoms with Crippen molar-refractivity contribution in [1.82, 2.24) is 18.9 Å². The molecule has 0 radical (unpaired) electrons. The number of fused-ring (bicyclic) bond motifs is 1. The quantitative estimate of drug-likeness (QED) is 0.654. The number of pyridine rings is 1. The second-order valence-corrected chi connectivity index (χ2v) is 6.24. The number of aromatic nitrogens is 4. The number of hydrogen-bond acceptors (Lipinski definition) is 4. The molecule has 6 heteroatoms. The van der Waals surface area contributed by atoms with Crippen LogP contribution in [0.3, 0.4) is 0 Å². The highest BCUT2D eigenvalue weighted by atomic mass is 16.5. The Balaban J connectivity index is 1.80. The largest absolute Gasteiger partial charge is 0.383 e. The molecule has 3 aromatic heterocycles. The molecule has 1 fully saturated rings. The van der Waals surface area contributed by atoms with Crippen molar-refractivity contribution >= 4 is 11.3 Å². The lowest BCUT2D eigenvalue weighted by atomic mass is 10.2. The van der Waals surface area contributed by atoms with Gasteiger partial charge in [0.25, 0.3) is 0 Å². The molecular formula is C18H20N4O2. The van der Waals surface area contributed by atoms with Gasteiger partial charge >= 0.3 is 0 Å². The lowest BCUT2D eigenvalue weighted by Gasteiger charge is -2.02. The lowest BCUT2D eigenvalue weighted by Crippen LogP contribution is -2.04. The average molecular weight is 324 g/mol. The zero-order chi connectivity index (χ0) is 16.7. The number of imidazole rings is 2. The van der Waals surface area contributed by atoms with E-state index in [0.717, 1.165) is 36.4 Å². The van der Waals surface area contributed by atoms with Gasteiger partial charge in [-0.15, -0.1) is 0 Å². The Morgan fingerprint density at radius 2 is 2.17 bits per heavy atom. The summed E-state index contributed by atoms with van der Waals surface area (Å²) in [5.74, 6) is 1.93. The molecule has 1 aliphatic rings. The van der Waals surface area contributed by atoms with Gasteiger partial charge in [0.05, 0.1) is 12.1 Å². The molecule has 24 heavy (non-hydrogen) atoms. The van der Waals surface area contributed by atoms with Gasteiger partial charge in [-0.1, -0.05) is 6.07 Å². The van der Waals surface area contributed by atoms with Crippen LogP contribution in [0.25, 0.3) is 17.0 Å². The van der Waals surface area contributed by atoms with Gasteiger partial charge in [0.2, 0.25) is 0 Å². The van der Waals surface area contributed by atoms with E-state index in [0.29, 0.717) is 18.1 Å². The third kappa shape index (κ3) is 2.53. The fourth-order valence-corrected chi connectivity index (χ4v) is 2.97. The number of nitrogens with zero attached hydrogens (tertiary/aromatic N) is 4. The minimum atomic E-state index is 0.151. The van der Waals surface area contributed by atoms with Crippen LogP contribution in [0, 0.1) is 12.8 Å². The summed E-state index contributed by atoms with van der Waals surface area (Å²) in [6.07, 6.45) is 5.86. The van der Waals surface area contributed by atoms with E-state index < -0.39 is 0 Å². The molecule has 6 nitrogen and oxygen atoms in total. The van der Waals surface area contributed by atoms with Crippen molar-refractivity contribution in [1.29, 1.82) is 0 Å². The Morgan fingerprint density at radius 1 is 1.33 bits per heavy atom. The van der Waals surface area contributed by atoms with Crippen LogP contribution in [0.4, 0.5) is 0 Å². The molecule has 0 unspecified atom stereocenters. The molecule has 124 valence electrons. The first-order chi connectivity index (χ1) is 11.7. The maximum absolute atomic E-state index is 12.6. The zero-order valence-corrected chi connectivity index (χ0v) is 13.9. The molecule has 3 heterocycles. The summed E-state index contributed by atoms with van der Waals surface area (Å²) in [6.45, 7) is 3.34. The maximum Gasteiger partial charge on any atom is 0.186 e. The van der Waals surface area contributed by atoms with E-state index in [-0.39, 0.29) is 11.7 Å². The number of ketones is 1. The van der Waals surface area contributed by atoms with E-state index in [1.807, 2.05) is 46.5 Å². The van der Waals surface area contributed by atoms with E-state index in [2.05, 4.69) is 9.97 Å². The highest BCUT2D eigenvalue weighted by Crippen LogP contribution is 2.34. The van der Waals surface area contributed by atoms with Crippen molar-refractivity contribution in [3.8, 4) is 11.5 Å². The summed E-state index contributed by atoms with van der Waals surface area (Å²) in [5.41, 5.74) is 2.20. The zero-order valence-electron chi connectivity index (χ0n) is 13.9. The van der Waals surface area contributed by atoms with Crippen LogP contribution in [-0.2, 0) is 11.3 Å². The predicted octanol–water partition coefficient (Wildman–Crippen LogP) is 2.75. The highest BCUT2D eigenvalue weighted by Gasteiger charge is 2.33. The van der Waals surface area contributed by atoms with Gasteiger partial charge in [0.15, 0.2) is 11.6 Å². The summed E-state index contributed by atoms with van der Waals surface area (Å²) in [5, 5.41) is 0. The monoisotopic (exact) mass is 324 g/mol. The van der Waals surface area contributed by atoms with Crippen LogP contribution in [0.1, 0.15) is 29.2 Å². The van der Waals surface area contributed by atoms with Crippen LogP contribution in [0.5, 0.6) is 0 Å². The van der Waals surface area contributed by atoms with Crippen molar-refractivity contribution in [3.63, 3.8) is 0 Å². The van der Waals surface area contributed by atoms with E-state index >= 15 is 0 Å². The first kappa shape index (κ1) is 15.1.